The molecule has 14 heavy (non-hydrogen) atoms. The van der Waals surface area contributed by atoms with Crippen LogP contribution >= 0.6 is 11.6 Å². The molecule has 0 aromatic carbocycles. The first-order chi connectivity index (χ1) is 6.54. The monoisotopic (exact) mass is 212 g/mol. The topological polar surface area (TPSA) is 34.0 Å². The first-order valence-corrected chi connectivity index (χ1v) is 5.03. The van der Waals surface area contributed by atoms with Crippen molar-refractivity contribution in [3.05, 3.63) is 32.2 Å². The van der Waals surface area contributed by atoms with Gasteiger partial charge in [-0.15, -0.1) is 0 Å². The Morgan fingerprint density at radius 2 is 2.21 bits per heavy atom. The summed E-state index contributed by atoms with van der Waals surface area (Å²) in [5, 5.41) is 3.65. The zero-order chi connectivity index (χ0) is 10.5. The Hall–Kier alpha value is -0.800. The summed E-state index contributed by atoms with van der Waals surface area (Å²) < 4.78 is 1.64. The molecule has 1 aliphatic rings. The molecular formula is C10H13ClN2O. The van der Waals surface area contributed by atoms with Crippen LogP contribution in [0.5, 0.6) is 0 Å². The number of halogens is 1. The predicted molar refractivity (Wildman–Crippen MR) is 56.7 cm³/mol. The molecule has 1 aromatic heterocycles. The van der Waals surface area contributed by atoms with E-state index in [1.54, 1.807) is 11.6 Å². The second kappa shape index (κ2) is 3.11. The van der Waals surface area contributed by atoms with Crippen LogP contribution in [0.2, 0.25) is 5.02 Å². The van der Waals surface area contributed by atoms with Crippen molar-refractivity contribution in [1.29, 1.82) is 0 Å². The van der Waals surface area contributed by atoms with Crippen LogP contribution in [0.4, 0.5) is 0 Å². The number of nitrogens with zero attached hydrogens (tertiary/aromatic N) is 1. The molecule has 0 fully saturated rings. The molecule has 76 valence electrons. The van der Waals surface area contributed by atoms with Crippen molar-refractivity contribution in [1.82, 2.24) is 9.88 Å². The summed E-state index contributed by atoms with van der Waals surface area (Å²) in [5.74, 6) is 0. The van der Waals surface area contributed by atoms with E-state index < -0.39 is 0 Å². The second-order valence-electron chi connectivity index (χ2n) is 3.77. The molecule has 1 N–H and O–H groups in total. The van der Waals surface area contributed by atoms with Crippen molar-refractivity contribution in [3.63, 3.8) is 0 Å². The van der Waals surface area contributed by atoms with Crippen LogP contribution in [-0.2, 0) is 13.6 Å². The molecule has 1 aromatic rings. The lowest BCUT2D eigenvalue weighted by molar-refractivity contribution is 0.625. The molecule has 0 saturated heterocycles. The van der Waals surface area contributed by atoms with Crippen LogP contribution in [0.15, 0.2) is 4.79 Å². The van der Waals surface area contributed by atoms with Crippen molar-refractivity contribution in [3.8, 4) is 0 Å². The molecule has 2 heterocycles. The summed E-state index contributed by atoms with van der Waals surface area (Å²) in [6, 6.07) is 0.286. The molecule has 0 aliphatic carbocycles. The Labute approximate surface area is 87.7 Å². The molecule has 0 radical (unpaired) electrons. The molecule has 1 aliphatic heterocycles. The van der Waals surface area contributed by atoms with Gasteiger partial charge < -0.3 is 9.88 Å². The molecular weight excluding hydrogens is 200 g/mol. The van der Waals surface area contributed by atoms with E-state index in [0.717, 1.165) is 17.8 Å². The number of rotatable bonds is 0. The highest BCUT2D eigenvalue weighted by molar-refractivity contribution is 6.31. The van der Waals surface area contributed by atoms with E-state index in [1.807, 2.05) is 6.92 Å². The number of nitrogens with one attached hydrogen (secondary N) is 1. The molecule has 2 rings (SSSR count). The lowest BCUT2D eigenvalue weighted by atomic mass is 10.0. The third kappa shape index (κ3) is 1.12. The van der Waals surface area contributed by atoms with E-state index in [4.69, 9.17) is 11.6 Å². The van der Waals surface area contributed by atoms with Crippen LogP contribution in [0, 0.1) is 6.92 Å². The fraction of sp³-hybridized carbons (Fsp3) is 0.500. The highest BCUT2D eigenvalue weighted by Gasteiger charge is 2.25. The van der Waals surface area contributed by atoms with Gasteiger partial charge in [0.2, 0.25) is 0 Å². The van der Waals surface area contributed by atoms with Gasteiger partial charge in [0, 0.05) is 25.3 Å². The highest BCUT2D eigenvalue weighted by Crippen LogP contribution is 2.29. The minimum absolute atomic E-state index is 0.0983. The molecule has 0 spiro atoms. The minimum Gasteiger partial charge on any atom is -0.313 e. The SMILES string of the molecule is Cc1c2c(n(C)c(=O)c1Cl)CN[C@@H]2C. The Balaban J connectivity index is 2.84. The van der Waals surface area contributed by atoms with Crippen molar-refractivity contribution in [2.45, 2.75) is 26.4 Å². The van der Waals surface area contributed by atoms with E-state index in [-0.39, 0.29) is 11.6 Å². The Morgan fingerprint density at radius 3 is 2.86 bits per heavy atom. The number of hydrogen-bond acceptors (Lipinski definition) is 2. The average Bonchev–Trinajstić information content (AvgIpc) is 2.54. The van der Waals surface area contributed by atoms with Crippen LogP contribution in [0.1, 0.15) is 29.8 Å². The van der Waals surface area contributed by atoms with Gasteiger partial charge in [-0.05, 0) is 25.0 Å². The maximum atomic E-state index is 11.7. The van der Waals surface area contributed by atoms with Gasteiger partial charge in [-0.2, -0.15) is 0 Å². The van der Waals surface area contributed by atoms with Crippen LogP contribution in [0.3, 0.4) is 0 Å². The maximum Gasteiger partial charge on any atom is 0.269 e. The molecule has 1 atom stereocenters. The number of fused-ring (bicyclic) bond motifs is 1. The van der Waals surface area contributed by atoms with Crippen molar-refractivity contribution >= 4 is 11.6 Å². The Bertz CT molecular complexity index is 450. The summed E-state index contributed by atoms with van der Waals surface area (Å²) >= 11 is 5.97. The number of hydrogen-bond donors (Lipinski definition) is 1. The smallest absolute Gasteiger partial charge is 0.269 e. The van der Waals surface area contributed by atoms with Gasteiger partial charge in [0.25, 0.3) is 5.56 Å². The van der Waals surface area contributed by atoms with Crippen LogP contribution < -0.4 is 10.9 Å². The largest absolute Gasteiger partial charge is 0.313 e. The van der Waals surface area contributed by atoms with Gasteiger partial charge in [0.1, 0.15) is 5.02 Å². The third-order valence-corrected chi connectivity index (χ3v) is 3.40. The van der Waals surface area contributed by atoms with E-state index in [0.29, 0.717) is 5.02 Å². The van der Waals surface area contributed by atoms with Crippen molar-refractivity contribution < 1.29 is 0 Å². The van der Waals surface area contributed by atoms with Gasteiger partial charge >= 0.3 is 0 Å². The van der Waals surface area contributed by atoms with Gasteiger partial charge in [0.05, 0.1) is 0 Å². The molecule has 3 nitrogen and oxygen atoms in total. The van der Waals surface area contributed by atoms with E-state index in [1.165, 1.54) is 5.56 Å². The maximum absolute atomic E-state index is 11.7. The fourth-order valence-electron chi connectivity index (χ4n) is 2.09. The standard InChI is InChI=1S/C10H13ClN2O/c1-5-8-6(2)12-4-7(8)13(3)10(14)9(5)11/h6,12H,4H2,1-3H3/t6-/m1/s1. The summed E-state index contributed by atoms with van der Waals surface area (Å²) in [5.41, 5.74) is 3.06. The van der Waals surface area contributed by atoms with Gasteiger partial charge in [-0.3, -0.25) is 4.79 Å². The van der Waals surface area contributed by atoms with E-state index >= 15 is 0 Å². The first-order valence-electron chi connectivity index (χ1n) is 4.65. The van der Waals surface area contributed by atoms with Crippen LogP contribution in [0.25, 0.3) is 0 Å². The molecule has 0 saturated carbocycles. The molecule has 0 unspecified atom stereocenters. The summed E-state index contributed by atoms with van der Waals surface area (Å²) in [7, 11) is 1.77. The second-order valence-corrected chi connectivity index (χ2v) is 4.14. The van der Waals surface area contributed by atoms with Gasteiger partial charge in [-0.1, -0.05) is 11.6 Å². The van der Waals surface area contributed by atoms with E-state index in [9.17, 15) is 4.79 Å². The van der Waals surface area contributed by atoms with E-state index in [2.05, 4.69) is 12.2 Å². The number of aromatic nitrogens is 1. The minimum atomic E-state index is -0.0983. The fourth-order valence-corrected chi connectivity index (χ4v) is 2.31. The average molecular weight is 213 g/mol. The number of pyridine rings is 1. The lowest BCUT2D eigenvalue weighted by Crippen LogP contribution is -2.22. The summed E-state index contributed by atoms with van der Waals surface area (Å²) in [6.07, 6.45) is 0. The summed E-state index contributed by atoms with van der Waals surface area (Å²) in [6.45, 7) is 4.74. The third-order valence-electron chi connectivity index (χ3n) is 2.95. The molecule has 0 bridgehead atoms. The van der Waals surface area contributed by atoms with Gasteiger partial charge in [-0.25, -0.2) is 0 Å². The van der Waals surface area contributed by atoms with Crippen molar-refractivity contribution in [2.24, 2.45) is 7.05 Å². The predicted octanol–water partition coefficient (Wildman–Crippen LogP) is 1.51. The highest BCUT2D eigenvalue weighted by atomic mass is 35.5. The molecule has 4 heteroatoms. The van der Waals surface area contributed by atoms with Crippen molar-refractivity contribution in [2.75, 3.05) is 0 Å². The first kappa shape index (κ1) is 9.74. The summed E-state index contributed by atoms with van der Waals surface area (Å²) in [4.78, 5) is 11.7. The normalized spacial score (nSPS) is 19.9. The Kier molecular flexibility index (Phi) is 2.16. The van der Waals surface area contributed by atoms with Crippen LogP contribution in [-0.4, -0.2) is 4.57 Å². The van der Waals surface area contributed by atoms with Gasteiger partial charge in [0.15, 0.2) is 0 Å². The molecule has 0 amide bonds. The Morgan fingerprint density at radius 1 is 1.57 bits per heavy atom. The quantitative estimate of drug-likeness (QED) is 0.708. The zero-order valence-electron chi connectivity index (χ0n) is 8.52. The lowest BCUT2D eigenvalue weighted by Gasteiger charge is -2.12. The zero-order valence-corrected chi connectivity index (χ0v) is 9.27.